The Morgan fingerprint density at radius 1 is 1.04 bits per heavy atom. The highest BCUT2D eigenvalue weighted by Gasteiger charge is 2.44. The molecule has 0 aliphatic heterocycles. The second-order valence-corrected chi connectivity index (χ2v) is 7.07. The molecule has 1 fully saturated rings. The van der Waals surface area contributed by atoms with Crippen LogP contribution < -0.4 is 5.32 Å². The maximum atomic E-state index is 12.1. The van der Waals surface area contributed by atoms with E-state index in [1.807, 2.05) is 24.3 Å². The summed E-state index contributed by atoms with van der Waals surface area (Å²) in [5, 5.41) is 11.9. The largest absolute Gasteiger partial charge is 0.334 e. The van der Waals surface area contributed by atoms with E-state index in [0.29, 0.717) is 5.56 Å². The van der Waals surface area contributed by atoms with Crippen LogP contribution in [0.25, 0.3) is 0 Å². The summed E-state index contributed by atoms with van der Waals surface area (Å²) in [7, 11) is 0. The van der Waals surface area contributed by atoms with Crippen molar-refractivity contribution in [2.75, 3.05) is 0 Å². The Morgan fingerprint density at radius 2 is 1.62 bits per heavy atom. The van der Waals surface area contributed by atoms with Gasteiger partial charge in [-0.2, -0.15) is 5.26 Å². The summed E-state index contributed by atoms with van der Waals surface area (Å²) in [6.07, 6.45) is 13.3. The molecule has 1 amide bonds. The van der Waals surface area contributed by atoms with Crippen molar-refractivity contribution in [2.24, 2.45) is 0 Å². The third-order valence-electron chi connectivity index (χ3n) is 4.85. The first-order valence-corrected chi connectivity index (χ1v) is 9.52. The molecule has 3 heteroatoms. The van der Waals surface area contributed by atoms with Gasteiger partial charge in [0, 0.05) is 5.56 Å². The van der Waals surface area contributed by atoms with Gasteiger partial charge < -0.3 is 5.32 Å². The quantitative estimate of drug-likeness (QED) is 0.571. The molecular formula is C21H30N2O. The second kappa shape index (κ2) is 9.47. The number of carbonyl (C=O) groups is 1. The lowest BCUT2D eigenvalue weighted by molar-refractivity contribution is 0.0941. The van der Waals surface area contributed by atoms with E-state index in [0.717, 1.165) is 19.3 Å². The lowest BCUT2D eigenvalue weighted by Gasteiger charge is -2.09. The zero-order valence-corrected chi connectivity index (χ0v) is 14.9. The molecule has 1 aromatic carbocycles. The number of hydrogen-bond donors (Lipinski definition) is 1. The number of carbonyl (C=O) groups excluding carboxylic acids is 1. The Morgan fingerprint density at radius 3 is 2.17 bits per heavy atom. The summed E-state index contributed by atoms with van der Waals surface area (Å²) < 4.78 is 0. The molecule has 3 nitrogen and oxygen atoms in total. The molecule has 0 heterocycles. The molecule has 24 heavy (non-hydrogen) atoms. The number of nitrogens with zero attached hydrogens (tertiary/aromatic N) is 1. The molecule has 0 bridgehead atoms. The molecule has 0 spiro atoms. The van der Waals surface area contributed by atoms with Gasteiger partial charge in [0.1, 0.15) is 5.54 Å². The molecule has 1 aromatic rings. The molecule has 0 saturated heterocycles. The van der Waals surface area contributed by atoms with Gasteiger partial charge in [0.2, 0.25) is 0 Å². The third kappa shape index (κ3) is 6.00. The van der Waals surface area contributed by atoms with Crippen LogP contribution in [0.5, 0.6) is 0 Å². The molecule has 1 saturated carbocycles. The average molecular weight is 326 g/mol. The van der Waals surface area contributed by atoms with Gasteiger partial charge in [-0.15, -0.1) is 0 Å². The van der Waals surface area contributed by atoms with E-state index >= 15 is 0 Å². The summed E-state index contributed by atoms with van der Waals surface area (Å²) in [5.74, 6) is -0.132. The lowest BCUT2D eigenvalue weighted by atomic mass is 10.0. The highest BCUT2D eigenvalue weighted by molar-refractivity contribution is 5.95. The van der Waals surface area contributed by atoms with Gasteiger partial charge in [0.15, 0.2) is 0 Å². The van der Waals surface area contributed by atoms with E-state index < -0.39 is 5.54 Å². The van der Waals surface area contributed by atoms with Crippen molar-refractivity contribution < 1.29 is 4.79 Å². The Balaban J connectivity index is 1.63. The van der Waals surface area contributed by atoms with Gasteiger partial charge in [-0.1, -0.05) is 64.0 Å². The fourth-order valence-corrected chi connectivity index (χ4v) is 2.97. The van der Waals surface area contributed by atoms with E-state index in [1.165, 1.54) is 56.9 Å². The van der Waals surface area contributed by atoms with E-state index in [4.69, 9.17) is 5.26 Å². The first-order valence-electron chi connectivity index (χ1n) is 9.52. The molecule has 0 radical (unpaired) electrons. The van der Waals surface area contributed by atoms with Crippen molar-refractivity contribution in [1.29, 1.82) is 5.26 Å². The van der Waals surface area contributed by atoms with Crippen LogP contribution in [0.4, 0.5) is 0 Å². The Hall–Kier alpha value is -1.82. The fraction of sp³-hybridized carbons (Fsp3) is 0.619. The van der Waals surface area contributed by atoms with Crippen LogP contribution in [0.3, 0.4) is 0 Å². The zero-order valence-electron chi connectivity index (χ0n) is 14.9. The molecular weight excluding hydrogens is 296 g/mol. The Bertz CT molecular complexity index is 552. The molecule has 130 valence electrons. The lowest BCUT2D eigenvalue weighted by Crippen LogP contribution is -2.35. The van der Waals surface area contributed by atoms with Crippen molar-refractivity contribution in [3.05, 3.63) is 35.4 Å². The van der Waals surface area contributed by atoms with Crippen LogP contribution in [0.15, 0.2) is 24.3 Å². The average Bonchev–Trinajstić information content (AvgIpc) is 3.38. The predicted octanol–water partition coefficient (Wildman–Crippen LogP) is 5.16. The standard InChI is InChI=1S/C21H30N2O/c1-2-3-4-5-6-7-8-9-10-18-11-13-19(14-12-18)20(24)23-21(17-22)15-16-21/h11-14H,2-10,15-16H2,1H3,(H,23,24). The number of nitrogens with one attached hydrogen (secondary N) is 1. The zero-order chi connectivity index (χ0) is 17.3. The van der Waals surface area contributed by atoms with Crippen molar-refractivity contribution >= 4 is 5.91 Å². The van der Waals surface area contributed by atoms with Gasteiger partial charge >= 0.3 is 0 Å². The number of unbranched alkanes of at least 4 members (excludes halogenated alkanes) is 7. The number of rotatable bonds is 11. The molecule has 1 aliphatic rings. The second-order valence-electron chi connectivity index (χ2n) is 7.07. The molecule has 1 aliphatic carbocycles. The van der Waals surface area contributed by atoms with Crippen LogP contribution in [0.1, 0.15) is 87.1 Å². The predicted molar refractivity (Wildman–Crippen MR) is 97.8 cm³/mol. The SMILES string of the molecule is CCCCCCCCCCc1ccc(C(=O)NC2(C#N)CC2)cc1. The Kier molecular flexibility index (Phi) is 7.31. The Labute approximate surface area is 146 Å². The minimum atomic E-state index is -0.590. The third-order valence-corrected chi connectivity index (χ3v) is 4.85. The number of hydrogen-bond acceptors (Lipinski definition) is 2. The molecule has 0 unspecified atom stereocenters. The number of aryl methyl sites for hydroxylation is 1. The summed E-state index contributed by atoms with van der Waals surface area (Å²) in [6.45, 7) is 2.25. The van der Waals surface area contributed by atoms with Gasteiger partial charge in [0.25, 0.3) is 5.91 Å². The van der Waals surface area contributed by atoms with Gasteiger partial charge in [0.05, 0.1) is 6.07 Å². The minimum Gasteiger partial charge on any atom is -0.334 e. The summed E-state index contributed by atoms with van der Waals surface area (Å²) in [5.41, 5.74) is 1.35. The first-order chi connectivity index (χ1) is 11.7. The van der Waals surface area contributed by atoms with Crippen molar-refractivity contribution in [3.63, 3.8) is 0 Å². The van der Waals surface area contributed by atoms with Gasteiger partial charge in [-0.05, 0) is 43.4 Å². The van der Waals surface area contributed by atoms with E-state index in [-0.39, 0.29) is 5.91 Å². The minimum absolute atomic E-state index is 0.132. The summed E-state index contributed by atoms with van der Waals surface area (Å²) >= 11 is 0. The van der Waals surface area contributed by atoms with Gasteiger partial charge in [-0.25, -0.2) is 0 Å². The maximum Gasteiger partial charge on any atom is 0.252 e. The van der Waals surface area contributed by atoms with Gasteiger partial charge in [-0.3, -0.25) is 4.79 Å². The molecule has 2 rings (SSSR count). The normalized spacial score (nSPS) is 14.8. The van der Waals surface area contributed by atoms with Crippen LogP contribution in [0, 0.1) is 11.3 Å². The van der Waals surface area contributed by atoms with Crippen molar-refractivity contribution in [1.82, 2.24) is 5.32 Å². The van der Waals surface area contributed by atoms with Crippen LogP contribution in [-0.2, 0) is 6.42 Å². The number of amides is 1. The number of benzene rings is 1. The summed E-state index contributed by atoms with van der Waals surface area (Å²) in [6, 6.07) is 10.0. The van der Waals surface area contributed by atoms with Crippen LogP contribution in [0.2, 0.25) is 0 Å². The fourth-order valence-electron chi connectivity index (χ4n) is 2.97. The molecule has 1 N–H and O–H groups in total. The molecule has 0 atom stereocenters. The molecule has 0 aromatic heterocycles. The first kappa shape index (κ1) is 18.5. The smallest absolute Gasteiger partial charge is 0.252 e. The topological polar surface area (TPSA) is 52.9 Å². The van der Waals surface area contributed by atoms with Crippen molar-refractivity contribution in [3.8, 4) is 6.07 Å². The maximum absolute atomic E-state index is 12.1. The van der Waals surface area contributed by atoms with Crippen LogP contribution in [-0.4, -0.2) is 11.4 Å². The number of nitriles is 1. The highest BCUT2D eigenvalue weighted by atomic mass is 16.1. The highest BCUT2D eigenvalue weighted by Crippen LogP contribution is 2.34. The summed E-state index contributed by atoms with van der Waals surface area (Å²) in [4.78, 5) is 12.1. The van der Waals surface area contributed by atoms with E-state index in [1.54, 1.807) is 0 Å². The van der Waals surface area contributed by atoms with E-state index in [9.17, 15) is 4.79 Å². The van der Waals surface area contributed by atoms with Crippen molar-refractivity contribution in [2.45, 2.75) is 83.1 Å². The van der Waals surface area contributed by atoms with Crippen LogP contribution >= 0.6 is 0 Å². The van der Waals surface area contributed by atoms with E-state index in [2.05, 4.69) is 18.3 Å². The monoisotopic (exact) mass is 326 g/mol.